The van der Waals surface area contributed by atoms with E-state index in [0.717, 1.165) is 12.1 Å². The van der Waals surface area contributed by atoms with Gasteiger partial charge in [0.1, 0.15) is 25.8 Å². The number of ether oxygens (including phenoxy) is 3. The Labute approximate surface area is 146 Å². The molecule has 0 aliphatic carbocycles. The van der Waals surface area contributed by atoms with Crippen molar-refractivity contribution in [2.24, 2.45) is 0 Å². The molecule has 7 nitrogen and oxygen atoms in total. The van der Waals surface area contributed by atoms with Crippen LogP contribution >= 0.6 is 0 Å². The smallest absolute Gasteiger partial charge is 0.337 e. The molecule has 1 heterocycles. The van der Waals surface area contributed by atoms with Gasteiger partial charge >= 0.3 is 5.97 Å². The maximum absolute atomic E-state index is 11.5. The molecule has 0 fully saturated rings. The molecule has 0 bridgehead atoms. The van der Waals surface area contributed by atoms with Gasteiger partial charge in [0, 0.05) is 18.0 Å². The van der Waals surface area contributed by atoms with Gasteiger partial charge in [0.2, 0.25) is 0 Å². The quantitative estimate of drug-likeness (QED) is 0.637. The number of hydrogen-bond donors (Lipinski definition) is 2. The van der Waals surface area contributed by atoms with Crippen molar-refractivity contribution in [1.82, 2.24) is 4.98 Å². The van der Waals surface area contributed by atoms with Crippen LogP contribution in [0.5, 0.6) is 11.5 Å². The Morgan fingerprint density at radius 1 is 1.28 bits per heavy atom. The molecule has 134 valence electrons. The SMILES string of the molecule is COC(=O)c1ccc(OC[C@H](O)C[NH2+]Cc2cccnc2)c(OC)c1. The zero-order valence-corrected chi connectivity index (χ0v) is 14.3. The highest BCUT2D eigenvalue weighted by molar-refractivity contribution is 5.90. The number of rotatable bonds is 9. The van der Waals surface area contributed by atoms with Crippen LogP contribution in [0, 0.1) is 0 Å². The summed E-state index contributed by atoms with van der Waals surface area (Å²) in [6.07, 6.45) is 2.89. The van der Waals surface area contributed by atoms with E-state index in [4.69, 9.17) is 9.47 Å². The molecule has 0 saturated carbocycles. The number of hydrogen-bond acceptors (Lipinski definition) is 6. The largest absolute Gasteiger partial charge is 0.493 e. The Bertz CT molecular complexity index is 678. The van der Waals surface area contributed by atoms with Crippen molar-refractivity contribution in [1.29, 1.82) is 0 Å². The Hall–Kier alpha value is -2.64. The number of aliphatic hydroxyl groups is 1. The number of esters is 1. The van der Waals surface area contributed by atoms with E-state index in [-0.39, 0.29) is 6.61 Å². The van der Waals surface area contributed by atoms with Gasteiger partial charge in [-0.05, 0) is 24.3 Å². The van der Waals surface area contributed by atoms with Gasteiger partial charge in [-0.15, -0.1) is 0 Å². The van der Waals surface area contributed by atoms with E-state index >= 15 is 0 Å². The number of carbonyl (C=O) groups is 1. The third-order valence-corrected chi connectivity index (χ3v) is 3.56. The third-order valence-electron chi connectivity index (χ3n) is 3.56. The molecule has 0 saturated heterocycles. The molecule has 0 unspecified atom stereocenters. The molecule has 2 rings (SSSR count). The molecule has 1 aromatic carbocycles. The summed E-state index contributed by atoms with van der Waals surface area (Å²) in [4.78, 5) is 15.6. The number of methoxy groups -OCH3 is 2. The summed E-state index contributed by atoms with van der Waals surface area (Å²) in [6.45, 7) is 1.36. The minimum Gasteiger partial charge on any atom is -0.493 e. The standard InChI is InChI=1S/C18H22N2O5/c1-23-17-8-14(18(22)24-2)5-6-16(17)25-12-15(21)11-20-10-13-4-3-7-19-9-13/h3-9,15,20-21H,10-12H2,1-2H3/p+1/t15-/m1/s1. The second kappa shape index (κ2) is 9.61. The van der Waals surface area contributed by atoms with Crippen LogP contribution in [0.3, 0.4) is 0 Å². The number of aromatic nitrogens is 1. The molecule has 1 aromatic heterocycles. The van der Waals surface area contributed by atoms with E-state index in [0.29, 0.717) is 23.6 Å². The summed E-state index contributed by atoms with van der Waals surface area (Å²) >= 11 is 0. The first-order valence-corrected chi connectivity index (χ1v) is 7.91. The lowest BCUT2D eigenvalue weighted by Crippen LogP contribution is -2.85. The van der Waals surface area contributed by atoms with Crippen molar-refractivity contribution in [2.75, 3.05) is 27.4 Å². The van der Waals surface area contributed by atoms with Crippen molar-refractivity contribution in [3.63, 3.8) is 0 Å². The summed E-state index contributed by atoms with van der Waals surface area (Å²) in [5.74, 6) is 0.422. The average Bonchev–Trinajstić information content (AvgIpc) is 2.66. The lowest BCUT2D eigenvalue weighted by Gasteiger charge is -2.14. The number of nitrogens with zero attached hydrogens (tertiary/aromatic N) is 1. The van der Waals surface area contributed by atoms with Gasteiger partial charge in [-0.2, -0.15) is 0 Å². The van der Waals surface area contributed by atoms with E-state index in [9.17, 15) is 9.90 Å². The number of aliphatic hydroxyl groups excluding tert-OH is 1. The molecule has 0 aliphatic heterocycles. The summed E-state index contributed by atoms with van der Waals surface area (Å²) < 4.78 is 15.5. The monoisotopic (exact) mass is 347 g/mol. The van der Waals surface area contributed by atoms with Crippen LogP contribution in [0.1, 0.15) is 15.9 Å². The predicted octanol–water partition coefficient (Wildman–Crippen LogP) is 0.380. The van der Waals surface area contributed by atoms with E-state index < -0.39 is 12.1 Å². The fourth-order valence-corrected chi connectivity index (χ4v) is 2.25. The Balaban J connectivity index is 1.82. The minimum atomic E-state index is -0.637. The fourth-order valence-electron chi connectivity index (χ4n) is 2.25. The lowest BCUT2D eigenvalue weighted by atomic mass is 10.2. The highest BCUT2D eigenvalue weighted by Crippen LogP contribution is 2.28. The van der Waals surface area contributed by atoms with E-state index in [1.807, 2.05) is 17.4 Å². The van der Waals surface area contributed by atoms with Gasteiger partial charge < -0.3 is 24.6 Å². The topological polar surface area (TPSA) is 94.5 Å². The number of quaternary nitrogens is 1. The van der Waals surface area contributed by atoms with Crippen molar-refractivity contribution >= 4 is 5.97 Å². The highest BCUT2D eigenvalue weighted by atomic mass is 16.5. The predicted molar refractivity (Wildman–Crippen MR) is 90.6 cm³/mol. The van der Waals surface area contributed by atoms with Crippen LogP contribution in [0.15, 0.2) is 42.7 Å². The highest BCUT2D eigenvalue weighted by Gasteiger charge is 2.13. The van der Waals surface area contributed by atoms with Gasteiger partial charge in [-0.3, -0.25) is 4.98 Å². The summed E-state index contributed by atoms with van der Waals surface area (Å²) in [5, 5.41) is 12.0. The van der Waals surface area contributed by atoms with Crippen molar-refractivity contribution in [3.8, 4) is 11.5 Å². The normalized spacial score (nSPS) is 11.6. The summed E-state index contributed by atoms with van der Waals surface area (Å²) in [6, 6.07) is 8.62. The Kier molecular flexibility index (Phi) is 7.18. The van der Waals surface area contributed by atoms with Crippen LogP contribution in [0.2, 0.25) is 0 Å². The average molecular weight is 347 g/mol. The number of carbonyl (C=O) groups excluding carboxylic acids is 1. The van der Waals surface area contributed by atoms with E-state index in [2.05, 4.69) is 9.72 Å². The third kappa shape index (κ3) is 5.74. The second-order valence-electron chi connectivity index (χ2n) is 5.41. The van der Waals surface area contributed by atoms with Gasteiger partial charge in [0.25, 0.3) is 0 Å². The van der Waals surface area contributed by atoms with Gasteiger partial charge in [0.05, 0.1) is 19.8 Å². The van der Waals surface area contributed by atoms with Crippen molar-refractivity contribution in [3.05, 3.63) is 53.9 Å². The van der Waals surface area contributed by atoms with Crippen LogP contribution in [0.4, 0.5) is 0 Å². The van der Waals surface area contributed by atoms with Crippen LogP contribution in [0.25, 0.3) is 0 Å². The molecule has 0 spiro atoms. The molecule has 0 amide bonds. The van der Waals surface area contributed by atoms with Crippen LogP contribution in [-0.2, 0) is 11.3 Å². The summed E-state index contributed by atoms with van der Waals surface area (Å²) in [7, 11) is 2.80. The summed E-state index contributed by atoms with van der Waals surface area (Å²) in [5.41, 5.74) is 1.47. The van der Waals surface area contributed by atoms with E-state index in [1.165, 1.54) is 14.2 Å². The molecule has 25 heavy (non-hydrogen) atoms. The maximum Gasteiger partial charge on any atom is 0.337 e. The molecule has 1 atom stereocenters. The van der Waals surface area contributed by atoms with Crippen LogP contribution in [-0.4, -0.2) is 49.5 Å². The van der Waals surface area contributed by atoms with E-state index in [1.54, 1.807) is 30.6 Å². The first kappa shape index (κ1) is 18.7. The van der Waals surface area contributed by atoms with Crippen LogP contribution < -0.4 is 14.8 Å². The Morgan fingerprint density at radius 2 is 2.12 bits per heavy atom. The molecule has 2 aromatic rings. The Morgan fingerprint density at radius 3 is 2.80 bits per heavy atom. The maximum atomic E-state index is 11.5. The first-order valence-electron chi connectivity index (χ1n) is 7.91. The molecule has 0 aliphatic rings. The van der Waals surface area contributed by atoms with Gasteiger partial charge in [0.15, 0.2) is 11.5 Å². The van der Waals surface area contributed by atoms with Crippen molar-refractivity contribution < 1.29 is 29.4 Å². The van der Waals surface area contributed by atoms with Gasteiger partial charge in [-0.1, -0.05) is 6.07 Å². The number of nitrogens with two attached hydrogens (primary N) is 1. The van der Waals surface area contributed by atoms with Gasteiger partial charge in [-0.25, -0.2) is 4.79 Å². The minimum absolute atomic E-state index is 0.122. The molecule has 3 N–H and O–H groups in total. The fraction of sp³-hybridized carbons (Fsp3) is 0.333. The number of benzene rings is 1. The van der Waals surface area contributed by atoms with Crippen molar-refractivity contribution in [2.45, 2.75) is 12.6 Å². The lowest BCUT2D eigenvalue weighted by molar-refractivity contribution is -0.676. The number of pyridine rings is 1. The first-order chi connectivity index (χ1) is 12.1. The zero-order valence-electron chi connectivity index (χ0n) is 14.3. The molecular weight excluding hydrogens is 324 g/mol. The molecular formula is C18H23N2O5+. The second-order valence-corrected chi connectivity index (χ2v) is 5.41. The molecule has 0 radical (unpaired) electrons. The zero-order chi connectivity index (χ0) is 18.1. The molecule has 7 heteroatoms.